The Morgan fingerprint density at radius 1 is 0.971 bits per heavy atom. The second-order valence-electron chi connectivity index (χ2n) is 8.85. The summed E-state index contributed by atoms with van der Waals surface area (Å²) in [5, 5.41) is 2.96. The number of nitrogens with one attached hydrogen (secondary N) is 1. The van der Waals surface area contributed by atoms with Crippen molar-refractivity contribution >= 4 is 23.6 Å². The first kappa shape index (κ1) is 25.1. The van der Waals surface area contributed by atoms with Crippen LogP contribution >= 0.6 is 0 Å². The van der Waals surface area contributed by atoms with Crippen LogP contribution in [0.1, 0.15) is 71.9 Å². The number of hydrogen-bond donors (Lipinski definition) is 1. The highest BCUT2D eigenvalue weighted by molar-refractivity contribution is 6.21. The highest BCUT2D eigenvalue weighted by atomic mass is 16.2. The fourth-order valence-corrected chi connectivity index (χ4v) is 3.99. The van der Waals surface area contributed by atoms with Crippen LogP contribution in [0.5, 0.6) is 0 Å². The van der Waals surface area contributed by atoms with Crippen LogP contribution in [-0.2, 0) is 16.1 Å². The van der Waals surface area contributed by atoms with Crippen LogP contribution in [0.25, 0.3) is 0 Å². The Balaban J connectivity index is 1.68. The fraction of sp³-hybridized carbons (Fsp3) is 0.407. The minimum absolute atomic E-state index is 0.0131. The molecular weight excluding hydrogens is 430 g/mol. The van der Waals surface area contributed by atoms with Crippen LogP contribution in [0.2, 0.25) is 0 Å². The summed E-state index contributed by atoms with van der Waals surface area (Å²) in [6.07, 6.45) is 1.25. The summed E-state index contributed by atoms with van der Waals surface area (Å²) in [6.45, 7) is 8.10. The Bertz CT molecular complexity index is 1050. The molecule has 4 amide bonds. The maximum atomic E-state index is 13.3. The molecule has 180 valence electrons. The zero-order chi connectivity index (χ0) is 24.8. The average molecular weight is 464 g/mol. The van der Waals surface area contributed by atoms with Gasteiger partial charge in [-0.15, -0.1) is 0 Å². The zero-order valence-corrected chi connectivity index (χ0v) is 20.3. The normalized spacial score (nSPS) is 14.5. The van der Waals surface area contributed by atoms with Gasteiger partial charge >= 0.3 is 0 Å². The summed E-state index contributed by atoms with van der Waals surface area (Å²) in [5.74, 6) is -1.04. The lowest BCUT2D eigenvalue weighted by atomic mass is 10.1. The molecule has 0 spiro atoms. The third-order valence-electron chi connectivity index (χ3n) is 6.42. The predicted molar refractivity (Wildman–Crippen MR) is 130 cm³/mol. The molecule has 0 aromatic heterocycles. The van der Waals surface area contributed by atoms with Gasteiger partial charge < -0.3 is 10.2 Å². The van der Waals surface area contributed by atoms with E-state index in [2.05, 4.69) is 5.32 Å². The maximum absolute atomic E-state index is 13.3. The van der Waals surface area contributed by atoms with Crippen molar-refractivity contribution in [2.75, 3.05) is 6.54 Å². The van der Waals surface area contributed by atoms with Crippen LogP contribution in [0.3, 0.4) is 0 Å². The number of hydrogen-bond acceptors (Lipinski definition) is 4. The lowest BCUT2D eigenvalue weighted by molar-refractivity contribution is -0.141. The Morgan fingerprint density at radius 2 is 1.56 bits per heavy atom. The molecule has 0 bridgehead atoms. The van der Waals surface area contributed by atoms with Crippen molar-refractivity contribution < 1.29 is 19.2 Å². The molecular formula is C27H33N3O4. The second-order valence-corrected chi connectivity index (χ2v) is 8.85. The van der Waals surface area contributed by atoms with Gasteiger partial charge in [-0.2, -0.15) is 0 Å². The summed E-state index contributed by atoms with van der Waals surface area (Å²) in [5.41, 5.74) is 2.81. The smallest absolute Gasteiger partial charge is 0.261 e. The van der Waals surface area contributed by atoms with E-state index in [9.17, 15) is 19.2 Å². The van der Waals surface area contributed by atoms with Crippen molar-refractivity contribution in [1.82, 2.24) is 15.1 Å². The molecule has 2 aromatic carbocycles. The van der Waals surface area contributed by atoms with Crippen molar-refractivity contribution in [3.8, 4) is 0 Å². The van der Waals surface area contributed by atoms with Gasteiger partial charge in [0.2, 0.25) is 11.8 Å². The first-order chi connectivity index (χ1) is 16.2. The van der Waals surface area contributed by atoms with E-state index < -0.39 is 6.04 Å². The molecule has 0 aliphatic carbocycles. The van der Waals surface area contributed by atoms with Crippen molar-refractivity contribution in [3.63, 3.8) is 0 Å². The van der Waals surface area contributed by atoms with Crippen molar-refractivity contribution in [3.05, 3.63) is 70.8 Å². The summed E-state index contributed by atoms with van der Waals surface area (Å²) in [4.78, 5) is 54.0. The quantitative estimate of drug-likeness (QED) is 0.545. The third kappa shape index (κ3) is 5.53. The lowest BCUT2D eigenvalue weighted by Crippen LogP contribution is -2.49. The zero-order valence-electron chi connectivity index (χ0n) is 20.3. The molecule has 34 heavy (non-hydrogen) atoms. The second kappa shape index (κ2) is 11.1. The van der Waals surface area contributed by atoms with E-state index in [1.54, 1.807) is 36.1 Å². The van der Waals surface area contributed by atoms with E-state index >= 15 is 0 Å². The SMILES string of the molecule is CC[C@@H](C)NC(=O)[C@@H](C)N(Cc1ccccc1C)C(=O)CCCN1C(=O)c2ccccc2C1=O. The number of amides is 4. The minimum Gasteiger partial charge on any atom is -0.352 e. The average Bonchev–Trinajstić information content (AvgIpc) is 3.07. The largest absolute Gasteiger partial charge is 0.352 e. The van der Waals surface area contributed by atoms with Gasteiger partial charge in [0, 0.05) is 25.6 Å². The molecule has 1 heterocycles. The lowest BCUT2D eigenvalue weighted by Gasteiger charge is -2.30. The molecule has 1 N–H and O–H groups in total. The molecule has 3 rings (SSSR count). The van der Waals surface area contributed by atoms with E-state index in [-0.39, 0.29) is 42.6 Å². The van der Waals surface area contributed by atoms with E-state index in [1.165, 1.54) is 4.90 Å². The Hall–Kier alpha value is -3.48. The van der Waals surface area contributed by atoms with Gasteiger partial charge in [0.05, 0.1) is 11.1 Å². The Morgan fingerprint density at radius 3 is 2.15 bits per heavy atom. The molecule has 2 aromatic rings. The topological polar surface area (TPSA) is 86.8 Å². The van der Waals surface area contributed by atoms with E-state index in [4.69, 9.17) is 0 Å². The van der Waals surface area contributed by atoms with Gasteiger partial charge in [-0.25, -0.2) is 0 Å². The van der Waals surface area contributed by atoms with Crippen LogP contribution in [0, 0.1) is 6.92 Å². The molecule has 0 saturated carbocycles. The minimum atomic E-state index is -0.652. The molecule has 0 radical (unpaired) electrons. The number of carbonyl (C=O) groups is 4. The van der Waals surface area contributed by atoms with Gasteiger partial charge in [0.25, 0.3) is 11.8 Å². The molecule has 0 fully saturated rings. The number of fused-ring (bicyclic) bond motifs is 1. The summed E-state index contributed by atoms with van der Waals surface area (Å²) >= 11 is 0. The van der Waals surface area contributed by atoms with Gasteiger partial charge in [-0.3, -0.25) is 24.1 Å². The third-order valence-corrected chi connectivity index (χ3v) is 6.42. The van der Waals surface area contributed by atoms with Crippen molar-refractivity contribution in [1.29, 1.82) is 0 Å². The molecule has 2 atom stereocenters. The number of carbonyl (C=O) groups excluding carboxylic acids is 4. The monoisotopic (exact) mass is 463 g/mol. The summed E-state index contributed by atoms with van der Waals surface area (Å²) in [6, 6.07) is 13.9. The van der Waals surface area contributed by atoms with Crippen LogP contribution in [0.4, 0.5) is 0 Å². The molecule has 0 unspecified atom stereocenters. The number of aryl methyl sites for hydroxylation is 1. The van der Waals surface area contributed by atoms with Crippen LogP contribution in [-0.4, -0.2) is 52.1 Å². The van der Waals surface area contributed by atoms with E-state index in [1.807, 2.05) is 45.0 Å². The Labute approximate surface area is 201 Å². The summed E-state index contributed by atoms with van der Waals surface area (Å²) < 4.78 is 0. The fourth-order valence-electron chi connectivity index (χ4n) is 3.99. The number of nitrogens with zero attached hydrogens (tertiary/aromatic N) is 2. The van der Waals surface area contributed by atoms with Crippen molar-refractivity contribution in [2.45, 2.75) is 65.6 Å². The number of imide groups is 1. The standard InChI is InChI=1S/C27H33N3O4/c1-5-19(3)28-25(32)20(4)30(17-21-12-7-6-11-18(21)2)24(31)15-10-16-29-26(33)22-13-8-9-14-23(22)27(29)34/h6-9,11-14,19-20H,5,10,15-17H2,1-4H3,(H,28,32)/t19-,20-/m1/s1. The molecule has 0 saturated heterocycles. The van der Waals surface area contributed by atoms with Gasteiger partial charge in [-0.1, -0.05) is 43.3 Å². The first-order valence-electron chi connectivity index (χ1n) is 11.8. The highest BCUT2D eigenvalue weighted by Gasteiger charge is 2.35. The molecule has 7 heteroatoms. The van der Waals surface area contributed by atoms with Crippen LogP contribution in [0.15, 0.2) is 48.5 Å². The number of rotatable bonds is 10. The van der Waals surface area contributed by atoms with Gasteiger partial charge in [0.15, 0.2) is 0 Å². The molecule has 1 aliphatic rings. The summed E-state index contributed by atoms with van der Waals surface area (Å²) in [7, 11) is 0. The number of benzene rings is 2. The predicted octanol–water partition coefficient (Wildman–Crippen LogP) is 3.70. The first-order valence-corrected chi connectivity index (χ1v) is 11.8. The van der Waals surface area contributed by atoms with E-state index in [0.29, 0.717) is 24.1 Å². The van der Waals surface area contributed by atoms with Gasteiger partial charge in [-0.05, 0) is 56.9 Å². The molecule has 7 nitrogen and oxygen atoms in total. The molecule has 1 aliphatic heterocycles. The van der Waals surface area contributed by atoms with Gasteiger partial charge in [0.1, 0.15) is 6.04 Å². The van der Waals surface area contributed by atoms with Crippen molar-refractivity contribution in [2.24, 2.45) is 0 Å². The van der Waals surface area contributed by atoms with E-state index in [0.717, 1.165) is 17.5 Å². The maximum Gasteiger partial charge on any atom is 0.261 e. The van der Waals surface area contributed by atoms with Crippen LogP contribution < -0.4 is 5.32 Å². The highest BCUT2D eigenvalue weighted by Crippen LogP contribution is 2.23. The Kier molecular flexibility index (Phi) is 8.21.